The van der Waals surface area contributed by atoms with Gasteiger partial charge in [-0.2, -0.15) is 13.2 Å². The molecule has 4 aromatic rings. The number of rotatable bonds is 16. The molecule has 3 atom stereocenters. The third-order valence-electron chi connectivity index (χ3n) is 13.1. The summed E-state index contributed by atoms with van der Waals surface area (Å²) in [5.41, 5.74) is -0.516. The van der Waals surface area contributed by atoms with Gasteiger partial charge in [-0.05, 0) is 124 Å². The number of alkyl carbamates (subject to hydrolysis) is 1. The van der Waals surface area contributed by atoms with E-state index in [0.717, 1.165) is 32.0 Å². The number of anilines is 3. The molecule has 3 aliphatic rings. The minimum Gasteiger partial charge on any atom is -0.444 e. The number of alkyl halides is 3. The lowest BCUT2D eigenvalue weighted by molar-refractivity contribution is -0.138. The fourth-order valence-corrected chi connectivity index (χ4v) is 9.14. The van der Waals surface area contributed by atoms with Gasteiger partial charge in [0.05, 0.1) is 25.3 Å². The van der Waals surface area contributed by atoms with Crippen molar-refractivity contribution in [3.05, 3.63) is 94.1 Å². The normalized spacial score (nSPS) is 17.7. The van der Waals surface area contributed by atoms with Crippen LogP contribution in [0.3, 0.4) is 0 Å². The number of fused-ring (bicyclic) bond motifs is 1. The molecule has 2 aromatic carbocycles. The molecule has 388 valence electrons. The van der Waals surface area contributed by atoms with E-state index < -0.39 is 64.7 Å². The molecule has 2 fully saturated rings. The quantitative estimate of drug-likeness (QED) is 0.101. The van der Waals surface area contributed by atoms with E-state index in [1.54, 1.807) is 94.9 Å². The average Bonchev–Trinajstić information content (AvgIpc) is 3.85. The number of ether oxygens (including phenoxy) is 3. The Morgan fingerprint density at radius 2 is 1.71 bits per heavy atom. The maximum atomic E-state index is 14.9. The molecule has 18 nitrogen and oxygen atoms in total. The Labute approximate surface area is 417 Å². The van der Waals surface area contributed by atoms with Crippen LogP contribution in [0.15, 0.2) is 54.9 Å². The van der Waals surface area contributed by atoms with Crippen molar-refractivity contribution >= 4 is 47.2 Å². The Morgan fingerprint density at radius 3 is 2.31 bits per heavy atom. The van der Waals surface area contributed by atoms with E-state index in [9.17, 15) is 37.1 Å². The number of likely N-dealkylation sites (tertiary alicyclic amines) is 1. The molecule has 7 rings (SSSR count). The molecule has 0 spiro atoms. The van der Waals surface area contributed by atoms with Crippen LogP contribution in [0, 0.1) is 11.8 Å². The van der Waals surface area contributed by atoms with Crippen LogP contribution < -0.4 is 25.8 Å². The van der Waals surface area contributed by atoms with Crippen LogP contribution in [-0.4, -0.2) is 105 Å². The lowest BCUT2D eigenvalue weighted by Gasteiger charge is -2.42. The lowest BCUT2D eigenvalue weighted by Crippen LogP contribution is -2.54. The SMILES string of the molecule is CCN(C(=O)OCc1ccc(NC(=O)[C@H](C)NC(=O)[C@@H](NC(=O)OC(C)(C)C)C(C)C)cc1)c1cc(C2(Cc3nncn3C)COC2)cc(N2Cc3c(cc(CN4CCC[C@H](C)C4)cc3C(F)(F)F)C2=O)n1. The van der Waals surface area contributed by atoms with Gasteiger partial charge in [0.15, 0.2) is 0 Å². The highest BCUT2D eigenvalue weighted by molar-refractivity contribution is 6.10. The van der Waals surface area contributed by atoms with Gasteiger partial charge < -0.3 is 34.7 Å². The van der Waals surface area contributed by atoms with Gasteiger partial charge in [0.1, 0.15) is 48.1 Å². The number of amides is 5. The van der Waals surface area contributed by atoms with Crippen molar-refractivity contribution in [2.45, 2.75) is 124 Å². The van der Waals surface area contributed by atoms with E-state index in [1.165, 1.54) is 16.7 Å². The number of aromatic nitrogens is 4. The number of piperidine rings is 1. The first-order valence-electron chi connectivity index (χ1n) is 24.3. The van der Waals surface area contributed by atoms with Crippen LogP contribution >= 0.6 is 0 Å². The first kappa shape index (κ1) is 53.2. The highest BCUT2D eigenvalue weighted by Gasteiger charge is 2.45. The van der Waals surface area contributed by atoms with Gasteiger partial charge >= 0.3 is 18.4 Å². The fraction of sp³-hybridized carbons (Fsp3) is 0.529. The molecule has 2 aromatic heterocycles. The van der Waals surface area contributed by atoms with E-state index in [2.05, 4.69) is 38.0 Å². The number of hydrogen-bond acceptors (Lipinski definition) is 12. The van der Waals surface area contributed by atoms with Gasteiger partial charge in [-0.15, -0.1) is 10.2 Å². The predicted molar refractivity (Wildman–Crippen MR) is 261 cm³/mol. The molecule has 0 saturated carbocycles. The first-order chi connectivity index (χ1) is 33.9. The Morgan fingerprint density at radius 1 is 0.986 bits per heavy atom. The number of carbonyl (C=O) groups excluding carboxylic acids is 5. The van der Waals surface area contributed by atoms with Gasteiger partial charge in [-0.25, -0.2) is 14.6 Å². The summed E-state index contributed by atoms with van der Waals surface area (Å²) in [6, 6.07) is 10.7. The Bertz CT molecular complexity index is 2650. The molecule has 21 heteroatoms. The van der Waals surface area contributed by atoms with Gasteiger partial charge in [0.25, 0.3) is 5.91 Å². The van der Waals surface area contributed by atoms with E-state index >= 15 is 0 Å². The van der Waals surface area contributed by atoms with Gasteiger partial charge in [-0.1, -0.05) is 32.9 Å². The zero-order chi connectivity index (χ0) is 52.3. The minimum absolute atomic E-state index is 0.0393. The summed E-state index contributed by atoms with van der Waals surface area (Å²) in [7, 11) is 1.81. The third-order valence-corrected chi connectivity index (χ3v) is 13.1. The van der Waals surface area contributed by atoms with Crippen LogP contribution in [0.4, 0.5) is 40.1 Å². The summed E-state index contributed by atoms with van der Waals surface area (Å²) in [6.45, 7) is 15.8. The molecule has 0 unspecified atom stereocenters. The maximum absolute atomic E-state index is 14.9. The molecule has 5 heterocycles. The number of pyridine rings is 1. The van der Waals surface area contributed by atoms with Crippen molar-refractivity contribution in [2.24, 2.45) is 18.9 Å². The van der Waals surface area contributed by atoms with E-state index in [4.69, 9.17) is 19.2 Å². The molecule has 3 N–H and O–H groups in total. The van der Waals surface area contributed by atoms with Gasteiger partial charge in [-0.3, -0.25) is 29.1 Å². The number of carbonyl (C=O) groups is 5. The predicted octanol–water partition coefficient (Wildman–Crippen LogP) is 7.29. The number of halogens is 3. The Balaban J connectivity index is 1.08. The second-order valence-corrected chi connectivity index (χ2v) is 20.5. The minimum atomic E-state index is -4.73. The number of benzene rings is 2. The molecule has 0 radical (unpaired) electrons. The highest BCUT2D eigenvalue weighted by atomic mass is 19.4. The van der Waals surface area contributed by atoms with Crippen LogP contribution in [0.5, 0.6) is 0 Å². The van der Waals surface area contributed by atoms with Crippen molar-refractivity contribution in [3.63, 3.8) is 0 Å². The highest BCUT2D eigenvalue weighted by Crippen LogP contribution is 2.43. The van der Waals surface area contributed by atoms with Crippen LogP contribution in [-0.2, 0) is 68.6 Å². The summed E-state index contributed by atoms with van der Waals surface area (Å²) in [6.07, 6.45) is -2.33. The van der Waals surface area contributed by atoms with Crippen molar-refractivity contribution in [2.75, 3.05) is 48.0 Å². The summed E-state index contributed by atoms with van der Waals surface area (Å²) >= 11 is 0. The molecule has 0 aliphatic carbocycles. The van der Waals surface area contributed by atoms with E-state index in [-0.39, 0.29) is 68.1 Å². The van der Waals surface area contributed by atoms with Crippen LogP contribution in [0.2, 0.25) is 0 Å². The number of nitrogens with zero attached hydrogens (tertiary/aromatic N) is 7. The number of hydrogen-bond donors (Lipinski definition) is 3. The van der Waals surface area contributed by atoms with Crippen LogP contribution in [0.25, 0.3) is 0 Å². The maximum Gasteiger partial charge on any atom is 0.416 e. The fourth-order valence-electron chi connectivity index (χ4n) is 9.14. The molecular weight excluding hydrogens is 938 g/mol. The topological polar surface area (TPSA) is 202 Å². The summed E-state index contributed by atoms with van der Waals surface area (Å²) in [5, 5.41) is 16.3. The molecule has 2 saturated heterocycles. The molecule has 5 amide bonds. The third kappa shape index (κ3) is 12.5. The number of nitrogens with one attached hydrogen (secondary N) is 3. The number of aryl methyl sites for hydroxylation is 1. The molecular formula is C51H65F3N10O8. The summed E-state index contributed by atoms with van der Waals surface area (Å²) in [5.74, 6) is -0.795. The van der Waals surface area contributed by atoms with E-state index in [0.29, 0.717) is 40.5 Å². The summed E-state index contributed by atoms with van der Waals surface area (Å²) in [4.78, 5) is 76.5. The molecule has 0 bridgehead atoms. The Kier molecular flexibility index (Phi) is 16.0. The second-order valence-electron chi connectivity index (χ2n) is 20.5. The van der Waals surface area contributed by atoms with Gasteiger partial charge in [0.2, 0.25) is 11.8 Å². The van der Waals surface area contributed by atoms with Gasteiger partial charge in [0, 0.05) is 49.8 Å². The zero-order valence-electron chi connectivity index (χ0n) is 42.3. The Hall–Kier alpha value is -6.61. The second kappa shape index (κ2) is 21.6. The zero-order valence-corrected chi connectivity index (χ0v) is 42.3. The standard InChI is InChI=1S/C51H65F3N10O8/c1-10-63(48(69)71-26-33-13-15-36(16-14-33)57-44(65)32(5)56-45(66)43(30(2)3)59-47(68)72-49(6,7)8)40-20-35(50(27-70-28-50)22-42-60-55-29-61(42)9)21-41(58-40)64-25-38-37(46(64)67)18-34(19-39(38)51(52,53)54)24-62-17-11-12-31(4)23-62/h13-16,18-21,29-32,43H,10-12,17,22-28H2,1-9H3,(H,56,66)(H,57,65)(H,59,68)/t31-,32-,43-/m0/s1. The van der Waals surface area contributed by atoms with Crippen molar-refractivity contribution in [3.8, 4) is 0 Å². The largest absolute Gasteiger partial charge is 0.444 e. The first-order valence-corrected chi connectivity index (χ1v) is 24.3. The summed E-state index contributed by atoms with van der Waals surface area (Å²) < 4.78 is 63.2. The monoisotopic (exact) mass is 1000 g/mol. The van der Waals surface area contributed by atoms with Crippen molar-refractivity contribution < 1.29 is 51.4 Å². The van der Waals surface area contributed by atoms with Crippen molar-refractivity contribution in [1.82, 2.24) is 35.3 Å². The average molecular weight is 1000 g/mol. The van der Waals surface area contributed by atoms with Crippen LogP contribution in [0.1, 0.15) is 112 Å². The molecule has 3 aliphatic heterocycles. The smallest absolute Gasteiger partial charge is 0.416 e. The lowest BCUT2D eigenvalue weighted by atomic mass is 9.75. The van der Waals surface area contributed by atoms with E-state index in [1.807, 2.05) is 7.05 Å². The molecule has 72 heavy (non-hydrogen) atoms. The van der Waals surface area contributed by atoms with Crippen molar-refractivity contribution in [1.29, 1.82) is 0 Å².